The van der Waals surface area contributed by atoms with E-state index in [1.165, 1.54) is 0 Å². The van der Waals surface area contributed by atoms with Crippen molar-refractivity contribution in [1.29, 1.82) is 0 Å². The van der Waals surface area contributed by atoms with Crippen molar-refractivity contribution in [3.63, 3.8) is 0 Å². The third-order valence-corrected chi connectivity index (χ3v) is 2.46. The number of halogens is 5. The fraction of sp³-hybridized carbons (Fsp3) is 0.222. The lowest BCUT2D eigenvalue weighted by molar-refractivity contribution is -0.176. The zero-order valence-corrected chi connectivity index (χ0v) is 9.14. The van der Waals surface area contributed by atoms with E-state index in [1.54, 1.807) is 0 Å². The number of carboxylic acids is 1. The predicted octanol–water partition coefficient (Wildman–Crippen LogP) is 3.32. The van der Waals surface area contributed by atoms with E-state index < -0.39 is 29.4 Å². The smallest absolute Gasteiger partial charge is 0.406 e. The molecule has 1 aromatic rings. The third-order valence-electron chi connectivity index (χ3n) is 1.85. The minimum Gasteiger partial charge on any atom is -0.481 e. The van der Waals surface area contributed by atoms with E-state index in [2.05, 4.69) is 15.9 Å². The lowest BCUT2D eigenvalue weighted by Gasteiger charge is -2.16. The molecule has 88 valence electrons. The van der Waals surface area contributed by atoms with Gasteiger partial charge in [-0.2, -0.15) is 13.2 Å². The molecule has 0 bridgehead atoms. The quantitative estimate of drug-likeness (QED) is 0.851. The van der Waals surface area contributed by atoms with Crippen LogP contribution in [0.4, 0.5) is 17.6 Å². The summed E-state index contributed by atoms with van der Waals surface area (Å²) in [4.78, 5) is 10.5. The first-order valence-electron chi connectivity index (χ1n) is 3.98. The molecule has 0 amide bonds. The number of hydrogen-bond donors (Lipinski definition) is 1. The van der Waals surface area contributed by atoms with Gasteiger partial charge in [0.05, 0.1) is 4.47 Å². The number of aliphatic carboxylic acids is 1. The summed E-state index contributed by atoms with van der Waals surface area (Å²) in [6, 6.07) is 2.38. The molecule has 1 atom stereocenters. The SMILES string of the molecule is O=C(O)C(c1ccc(F)c(Br)c1)C(F)(F)F. The summed E-state index contributed by atoms with van der Waals surface area (Å²) in [5.41, 5.74) is -0.520. The molecule has 0 aromatic heterocycles. The van der Waals surface area contributed by atoms with Crippen LogP contribution >= 0.6 is 15.9 Å². The van der Waals surface area contributed by atoms with Crippen molar-refractivity contribution in [3.8, 4) is 0 Å². The maximum Gasteiger partial charge on any atom is 0.406 e. The normalized spacial score (nSPS) is 13.6. The van der Waals surface area contributed by atoms with Crippen LogP contribution in [0.15, 0.2) is 22.7 Å². The summed E-state index contributed by atoms with van der Waals surface area (Å²) in [6.07, 6.45) is -4.91. The zero-order chi connectivity index (χ0) is 12.5. The predicted molar refractivity (Wildman–Crippen MR) is 50.5 cm³/mol. The molecule has 1 N–H and O–H groups in total. The van der Waals surface area contributed by atoms with Gasteiger partial charge in [0.1, 0.15) is 5.82 Å². The Morgan fingerprint density at radius 2 is 1.94 bits per heavy atom. The molecule has 0 saturated carbocycles. The van der Waals surface area contributed by atoms with Crippen LogP contribution in [0.2, 0.25) is 0 Å². The van der Waals surface area contributed by atoms with E-state index >= 15 is 0 Å². The van der Waals surface area contributed by atoms with Crippen molar-refractivity contribution in [3.05, 3.63) is 34.1 Å². The summed E-state index contributed by atoms with van der Waals surface area (Å²) in [5.74, 6) is -5.43. The highest BCUT2D eigenvalue weighted by atomic mass is 79.9. The number of hydrogen-bond acceptors (Lipinski definition) is 1. The van der Waals surface area contributed by atoms with Crippen LogP contribution < -0.4 is 0 Å². The number of carbonyl (C=O) groups is 1. The van der Waals surface area contributed by atoms with Gasteiger partial charge >= 0.3 is 12.1 Å². The van der Waals surface area contributed by atoms with Crippen LogP contribution in [0.1, 0.15) is 11.5 Å². The maximum absolute atomic E-state index is 12.8. The molecule has 0 fully saturated rings. The van der Waals surface area contributed by atoms with Gasteiger partial charge in [0.25, 0.3) is 0 Å². The van der Waals surface area contributed by atoms with Gasteiger partial charge in [-0.15, -0.1) is 0 Å². The first-order valence-corrected chi connectivity index (χ1v) is 4.77. The van der Waals surface area contributed by atoms with Crippen LogP contribution in [0, 0.1) is 5.82 Å². The second-order valence-electron chi connectivity index (χ2n) is 2.99. The molecule has 0 saturated heterocycles. The molecule has 0 spiro atoms. The van der Waals surface area contributed by atoms with Crippen molar-refractivity contribution < 1.29 is 27.5 Å². The maximum atomic E-state index is 12.8. The molecule has 1 unspecified atom stereocenters. The van der Waals surface area contributed by atoms with Gasteiger partial charge in [0.2, 0.25) is 0 Å². The largest absolute Gasteiger partial charge is 0.481 e. The lowest BCUT2D eigenvalue weighted by atomic mass is 9.99. The van der Waals surface area contributed by atoms with Gasteiger partial charge in [-0.3, -0.25) is 4.79 Å². The van der Waals surface area contributed by atoms with E-state index in [1.807, 2.05) is 0 Å². The van der Waals surface area contributed by atoms with Gasteiger partial charge in [0, 0.05) is 0 Å². The minimum absolute atomic E-state index is 0.208. The number of benzene rings is 1. The third kappa shape index (κ3) is 2.72. The van der Waals surface area contributed by atoms with E-state index in [4.69, 9.17) is 5.11 Å². The van der Waals surface area contributed by atoms with E-state index in [0.717, 1.165) is 18.2 Å². The highest BCUT2D eigenvalue weighted by Crippen LogP contribution is 2.36. The van der Waals surface area contributed by atoms with E-state index in [-0.39, 0.29) is 4.47 Å². The summed E-state index contributed by atoms with van der Waals surface area (Å²) >= 11 is 2.69. The summed E-state index contributed by atoms with van der Waals surface area (Å²) in [6.45, 7) is 0. The second-order valence-corrected chi connectivity index (χ2v) is 3.84. The average Bonchev–Trinajstić information content (AvgIpc) is 2.08. The Morgan fingerprint density at radius 1 is 1.38 bits per heavy atom. The summed E-state index contributed by atoms with van der Waals surface area (Å²) in [5, 5.41) is 8.49. The summed E-state index contributed by atoms with van der Waals surface area (Å²) in [7, 11) is 0. The molecule has 16 heavy (non-hydrogen) atoms. The number of rotatable bonds is 2. The molecule has 0 aliphatic rings. The van der Waals surface area contributed by atoms with Crippen molar-refractivity contribution in [2.24, 2.45) is 0 Å². The van der Waals surface area contributed by atoms with Crippen LogP contribution in [0.5, 0.6) is 0 Å². The molecule has 1 rings (SSSR count). The zero-order valence-electron chi connectivity index (χ0n) is 7.55. The standard InChI is InChI=1S/C9H5BrF4O2/c10-5-3-4(1-2-6(5)11)7(8(15)16)9(12,13)14/h1-3,7H,(H,15,16). The topological polar surface area (TPSA) is 37.3 Å². The Kier molecular flexibility index (Phi) is 3.57. The summed E-state index contributed by atoms with van der Waals surface area (Å²) < 4.78 is 49.8. The van der Waals surface area contributed by atoms with E-state index in [9.17, 15) is 22.4 Å². The molecule has 0 radical (unpaired) electrons. The molecular weight excluding hydrogens is 296 g/mol. The van der Waals surface area contributed by atoms with Crippen LogP contribution in [0.25, 0.3) is 0 Å². The Hall–Kier alpha value is -1.11. The molecule has 0 heterocycles. The molecule has 1 aromatic carbocycles. The molecule has 2 nitrogen and oxygen atoms in total. The van der Waals surface area contributed by atoms with Gasteiger partial charge in [-0.25, -0.2) is 4.39 Å². The molecule has 7 heteroatoms. The van der Waals surface area contributed by atoms with Crippen molar-refractivity contribution >= 4 is 21.9 Å². The monoisotopic (exact) mass is 300 g/mol. The Labute approximate surface area is 96.0 Å². The van der Waals surface area contributed by atoms with Gasteiger partial charge < -0.3 is 5.11 Å². The second kappa shape index (κ2) is 4.40. The Bertz CT molecular complexity index is 416. The lowest BCUT2D eigenvalue weighted by Crippen LogP contribution is -2.28. The fourth-order valence-corrected chi connectivity index (χ4v) is 1.56. The van der Waals surface area contributed by atoms with Crippen LogP contribution in [0.3, 0.4) is 0 Å². The van der Waals surface area contributed by atoms with Gasteiger partial charge in [-0.1, -0.05) is 6.07 Å². The fourth-order valence-electron chi connectivity index (χ4n) is 1.16. The van der Waals surface area contributed by atoms with Crippen molar-refractivity contribution in [2.45, 2.75) is 12.1 Å². The molecular formula is C9H5BrF4O2. The van der Waals surface area contributed by atoms with Crippen molar-refractivity contribution in [2.75, 3.05) is 0 Å². The highest BCUT2D eigenvalue weighted by Gasteiger charge is 2.46. The van der Waals surface area contributed by atoms with Crippen LogP contribution in [-0.2, 0) is 4.79 Å². The van der Waals surface area contributed by atoms with Gasteiger partial charge in [0.15, 0.2) is 5.92 Å². The first-order chi connectivity index (χ1) is 7.23. The van der Waals surface area contributed by atoms with Crippen molar-refractivity contribution in [1.82, 2.24) is 0 Å². The van der Waals surface area contributed by atoms with Gasteiger partial charge in [-0.05, 0) is 33.6 Å². The van der Waals surface area contributed by atoms with Crippen LogP contribution in [-0.4, -0.2) is 17.3 Å². The Balaban J connectivity index is 3.22. The molecule has 0 aliphatic carbocycles. The highest BCUT2D eigenvalue weighted by molar-refractivity contribution is 9.10. The Morgan fingerprint density at radius 3 is 2.31 bits per heavy atom. The average molecular weight is 301 g/mol. The number of carboxylic acid groups (broad SMARTS) is 1. The first kappa shape index (κ1) is 13.0. The minimum atomic E-state index is -4.91. The molecule has 0 aliphatic heterocycles. The number of alkyl halides is 3. The van der Waals surface area contributed by atoms with E-state index in [0.29, 0.717) is 0 Å².